The highest BCUT2D eigenvalue weighted by Gasteiger charge is 2.50. The van der Waals surface area contributed by atoms with E-state index in [0.29, 0.717) is 0 Å². The second-order valence-electron chi connectivity index (χ2n) is 8.56. The topological polar surface area (TPSA) is 306 Å². The predicted molar refractivity (Wildman–Crippen MR) is 142 cm³/mol. The lowest BCUT2D eigenvalue weighted by Gasteiger charge is -2.22. The molecule has 1 fully saturated rings. The number of benzene rings is 1. The van der Waals surface area contributed by atoms with Gasteiger partial charge < -0.3 is 34.2 Å². The highest BCUT2D eigenvalue weighted by Crippen LogP contribution is 2.71. The lowest BCUT2D eigenvalue weighted by atomic mass is 10.1. The fourth-order valence-corrected chi connectivity index (χ4v) is 8.47. The number of hydrogen-bond acceptors (Lipinski definition) is 15. The smallest absolute Gasteiger partial charge is 0.451 e. The summed E-state index contributed by atoms with van der Waals surface area (Å²) in [5, 5.41) is 10.8. The van der Waals surface area contributed by atoms with Crippen molar-refractivity contribution in [2.45, 2.75) is 37.9 Å². The Morgan fingerprint density at radius 3 is 2.05 bits per heavy atom. The maximum absolute atomic E-state index is 12.7. The maximum atomic E-state index is 12.7. The van der Waals surface area contributed by atoms with Gasteiger partial charge in [-0.1, -0.05) is 25.1 Å². The lowest BCUT2D eigenvalue weighted by molar-refractivity contribution is -0.0597. The highest BCUT2D eigenvalue weighted by molar-refractivity contribution is 7.69. The van der Waals surface area contributed by atoms with E-state index < -0.39 is 86.3 Å². The third-order valence-corrected chi connectivity index (χ3v) is 11.1. The molecule has 8 atom stereocenters. The van der Waals surface area contributed by atoms with E-state index in [4.69, 9.17) is 9.47 Å². The molecule has 44 heavy (non-hydrogen) atoms. The first-order valence-corrected chi connectivity index (χ1v) is 18.0. The van der Waals surface area contributed by atoms with Crippen LogP contribution >= 0.6 is 31.3 Å². The van der Waals surface area contributed by atoms with E-state index in [2.05, 4.69) is 22.0 Å². The fraction of sp³-hybridized carbons (Fsp3) is 0.421. The summed E-state index contributed by atoms with van der Waals surface area (Å²) in [6.07, 6.45) is -5.88. The Kier molecular flexibility index (Phi) is 12.0. The minimum absolute atomic E-state index is 0.0264. The second kappa shape index (κ2) is 14.5. The number of aromatic amines is 1. The molecule has 2 aromatic rings. The molecule has 1 aromatic heterocycles. The highest BCUT2D eigenvalue weighted by atomic mass is 31.3. The van der Waals surface area contributed by atoms with E-state index >= 15 is 0 Å². The van der Waals surface area contributed by atoms with Crippen molar-refractivity contribution in [1.82, 2.24) is 9.55 Å². The molecular weight excluding hydrogens is 684 g/mol. The number of carbonyl (C=O) groups is 1. The molecule has 25 heteroatoms. The van der Waals surface area contributed by atoms with Crippen molar-refractivity contribution in [3.05, 3.63) is 69.0 Å². The number of hydrogen-bond donors (Lipinski definition) is 6. The summed E-state index contributed by atoms with van der Waals surface area (Å²) in [4.78, 5) is 76.9. The van der Waals surface area contributed by atoms with Gasteiger partial charge in [0, 0.05) is 12.3 Å². The van der Waals surface area contributed by atoms with E-state index in [0.717, 1.165) is 16.8 Å². The van der Waals surface area contributed by atoms with E-state index in [1.807, 2.05) is 4.98 Å². The number of nitrogens with zero attached hydrogens (tertiary/aromatic N) is 1. The molecule has 3 rings (SSSR count). The summed E-state index contributed by atoms with van der Waals surface area (Å²) in [6, 6.07) is 8.26. The molecular formula is C19H26N2O19P4. The van der Waals surface area contributed by atoms with Gasteiger partial charge in [0.2, 0.25) is 0 Å². The average Bonchev–Trinajstić information content (AvgIpc) is 3.19. The number of ether oxygens (including phenoxy) is 2. The van der Waals surface area contributed by atoms with Gasteiger partial charge in [-0.15, -0.1) is 0 Å². The molecule has 0 spiro atoms. The standard InChI is InChI=1S/C19H26N2O19P4/c1-2-10-34-41(26,27)38-43(30,31)40-44(32,33)39-42(28,29)35-11-13-15(23)16(37-18(24)12-6-4-3-5-7-12)17(36-13)21-9-8-14(22)20-19(21)25/h3-9,13,15-17,23H,2,10-11H2,1H3,(H,26,27)(H,28,29)(H,30,31)(H,32,33)(H,20,22,25). The SMILES string of the molecule is CCCOP(=O)(O)OP(=O)(O)OP(=O)(O)OP(=O)(O)OCC1OC(n2ccc(=O)[nH]c2=O)C(OC(=O)c2ccccc2)C1O. The molecule has 0 bridgehead atoms. The van der Waals surface area contributed by atoms with E-state index in [1.165, 1.54) is 31.2 Å². The number of phosphoric acid groups is 4. The summed E-state index contributed by atoms with van der Waals surface area (Å²) in [7, 11) is -23.1. The van der Waals surface area contributed by atoms with Gasteiger partial charge >= 0.3 is 42.9 Å². The lowest BCUT2D eigenvalue weighted by Crippen LogP contribution is -2.40. The predicted octanol–water partition coefficient (Wildman–Crippen LogP) is 0.915. The molecule has 2 heterocycles. The normalized spacial score (nSPS) is 25.7. The van der Waals surface area contributed by atoms with E-state index in [9.17, 15) is 57.3 Å². The minimum Gasteiger partial charge on any atom is -0.451 e. The van der Waals surface area contributed by atoms with Crippen molar-refractivity contribution in [3.8, 4) is 0 Å². The van der Waals surface area contributed by atoms with Gasteiger partial charge in [-0.3, -0.25) is 23.4 Å². The Bertz CT molecular complexity index is 1630. The van der Waals surface area contributed by atoms with Gasteiger partial charge in [0.25, 0.3) is 5.56 Å². The van der Waals surface area contributed by atoms with Gasteiger partial charge in [-0.2, -0.15) is 12.9 Å². The number of nitrogens with one attached hydrogen (secondary N) is 1. The quantitative estimate of drug-likeness (QED) is 0.110. The van der Waals surface area contributed by atoms with Gasteiger partial charge in [-0.05, 0) is 18.6 Å². The van der Waals surface area contributed by atoms with Crippen molar-refractivity contribution >= 4 is 37.3 Å². The molecule has 1 aromatic carbocycles. The molecule has 0 amide bonds. The first kappa shape index (κ1) is 36.3. The van der Waals surface area contributed by atoms with E-state index in [1.54, 1.807) is 6.07 Å². The van der Waals surface area contributed by atoms with Crippen LogP contribution in [0.15, 0.2) is 52.2 Å². The van der Waals surface area contributed by atoms with Gasteiger partial charge in [0.1, 0.15) is 12.2 Å². The number of aromatic nitrogens is 2. The van der Waals surface area contributed by atoms with Crippen molar-refractivity contribution < 1.29 is 79.2 Å². The summed E-state index contributed by atoms with van der Waals surface area (Å²) < 4.78 is 79.6. The maximum Gasteiger partial charge on any atom is 0.490 e. The summed E-state index contributed by atoms with van der Waals surface area (Å²) in [5.41, 5.74) is -1.84. The zero-order valence-corrected chi connectivity index (χ0v) is 25.7. The molecule has 0 saturated carbocycles. The van der Waals surface area contributed by atoms with E-state index in [-0.39, 0.29) is 12.0 Å². The van der Waals surface area contributed by atoms with Crippen LogP contribution < -0.4 is 11.2 Å². The first-order valence-electron chi connectivity index (χ1n) is 12.0. The van der Waals surface area contributed by atoms with Crippen molar-refractivity contribution in [1.29, 1.82) is 0 Å². The van der Waals surface area contributed by atoms with Crippen molar-refractivity contribution in [2.75, 3.05) is 13.2 Å². The Morgan fingerprint density at radius 2 is 1.48 bits per heavy atom. The third kappa shape index (κ3) is 10.5. The van der Waals surface area contributed by atoms with Crippen LogP contribution in [-0.4, -0.2) is 71.7 Å². The summed E-state index contributed by atoms with van der Waals surface area (Å²) in [5.74, 6) is -0.986. The number of aliphatic hydroxyl groups excluding tert-OH is 1. The van der Waals surface area contributed by atoms with Crippen molar-refractivity contribution in [3.63, 3.8) is 0 Å². The molecule has 8 unspecified atom stereocenters. The number of rotatable bonds is 15. The Morgan fingerprint density at radius 1 is 0.909 bits per heavy atom. The molecule has 0 aliphatic carbocycles. The zero-order chi connectivity index (χ0) is 32.9. The molecule has 6 N–H and O–H groups in total. The Balaban J connectivity index is 1.73. The zero-order valence-electron chi connectivity index (χ0n) is 22.2. The summed E-state index contributed by atoms with van der Waals surface area (Å²) >= 11 is 0. The van der Waals surface area contributed by atoms with Crippen LogP contribution in [0.2, 0.25) is 0 Å². The number of esters is 1. The van der Waals surface area contributed by atoms with Gasteiger partial charge in [0.05, 0.1) is 18.8 Å². The number of H-pyrrole nitrogens is 1. The van der Waals surface area contributed by atoms with Crippen LogP contribution in [0.4, 0.5) is 0 Å². The monoisotopic (exact) mass is 710 g/mol. The Labute approximate surface area is 246 Å². The van der Waals surface area contributed by atoms with Crippen LogP contribution in [-0.2, 0) is 49.7 Å². The molecule has 21 nitrogen and oxygen atoms in total. The largest absolute Gasteiger partial charge is 0.490 e. The molecule has 1 saturated heterocycles. The number of carbonyl (C=O) groups excluding carboxylic acids is 1. The minimum atomic E-state index is -6.08. The summed E-state index contributed by atoms with van der Waals surface area (Å²) in [6.45, 7) is -0.104. The second-order valence-corrected chi connectivity index (χ2v) is 14.8. The van der Waals surface area contributed by atoms with Crippen LogP contribution in [0.5, 0.6) is 0 Å². The van der Waals surface area contributed by atoms with Crippen LogP contribution in [0.3, 0.4) is 0 Å². The molecule has 246 valence electrons. The third-order valence-electron chi connectivity index (χ3n) is 5.17. The van der Waals surface area contributed by atoms with Crippen LogP contribution in [0, 0.1) is 0 Å². The van der Waals surface area contributed by atoms with Crippen molar-refractivity contribution in [2.24, 2.45) is 0 Å². The van der Waals surface area contributed by atoms with Gasteiger partial charge in [0.15, 0.2) is 12.3 Å². The average molecular weight is 710 g/mol. The van der Waals surface area contributed by atoms with Crippen LogP contribution in [0.1, 0.15) is 29.9 Å². The number of aliphatic hydroxyl groups is 1. The fourth-order valence-electron chi connectivity index (χ4n) is 3.44. The van der Waals surface area contributed by atoms with Crippen LogP contribution in [0.25, 0.3) is 0 Å². The van der Waals surface area contributed by atoms with Gasteiger partial charge in [-0.25, -0.2) is 27.8 Å². The Hall–Kier alpha value is -2.15. The molecule has 1 aliphatic heterocycles. The number of phosphoric ester groups is 2. The molecule has 0 radical (unpaired) electrons. The first-order chi connectivity index (χ1) is 20.3. The molecule has 1 aliphatic rings.